The van der Waals surface area contributed by atoms with Gasteiger partial charge in [-0.05, 0) is 24.1 Å². The summed E-state index contributed by atoms with van der Waals surface area (Å²) in [4.78, 5) is 37.4. The first-order valence-electron chi connectivity index (χ1n) is 7.04. The Labute approximate surface area is 127 Å². The van der Waals surface area contributed by atoms with E-state index in [0.717, 1.165) is 10.5 Å². The molecule has 4 amide bonds. The minimum Gasteiger partial charge on any atom is -0.352 e. The van der Waals surface area contributed by atoms with Gasteiger partial charge in [0.15, 0.2) is 0 Å². The molecule has 0 aromatic heterocycles. The van der Waals surface area contributed by atoms with Crippen molar-refractivity contribution >= 4 is 17.8 Å². The van der Waals surface area contributed by atoms with Crippen LogP contribution < -0.4 is 5.32 Å². The molecule has 1 heterocycles. The van der Waals surface area contributed by atoms with Crippen LogP contribution in [-0.2, 0) is 16.1 Å². The number of hydrogen-bond acceptors (Lipinski definition) is 3. The number of halogens is 1. The lowest BCUT2D eigenvalue weighted by Crippen LogP contribution is -2.33. The zero-order valence-corrected chi connectivity index (χ0v) is 12.3. The molecule has 6 nitrogen and oxygen atoms in total. The number of amides is 4. The smallest absolute Gasteiger partial charge is 0.326 e. The van der Waals surface area contributed by atoms with Crippen molar-refractivity contribution in [1.82, 2.24) is 15.1 Å². The average Bonchev–Trinajstić information content (AvgIpc) is 2.73. The maximum absolute atomic E-state index is 12.7. The molecule has 1 aromatic carbocycles. The summed E-state index contributed by atoms with van der Waals surface area (Å²) in [5.74, 6) is -0.726. The fourth-order valence-corrected chi connectivity index (χ4v) is 2.18. The Morgan fingerprint density at radius 2 is 1.95 bits per heavy atom. The number of nitrogens with one attached hydrogen (secondary N) is 1. The summed E-state index contributed by atoms with van der Waals surface area (Å²) in [5, 5.41) is 2.71. The molecule has 7 heteroatoms. The Morgan fingerprint density at radius 3 is 2.55 bits per heavy atom. The molecule has 1 fully saturated rings. The molecule has 0 saturated carbocycles. The number of hydrogen-bond donors (Lipinski definition) is 1. The van der Waals surface area contributed by atoms with Crippen LogP contribution in [0, 0.1) is 5.82 Å². The number of nitrogens with zero attached hydrogens (tertiary/aromatic N) is 2. The molecule has 0 unspecified atom stereocenters. The van der Waals surface area contributed by atoms with Gasteiger partial charge in [-0.1, -0.05) is 12.1 Å². The SMILES string of the molecule is CN1CC(=O)N(CCCC(=O)NCc2ccc(F)cc2)C1=O. The molecular formula is C15H18FN3O3. The standard InChI is InChI=1S/C15H18FN3O3/c1-18-10-14(21)19(15(18)22)8-2-3-13(20)17-9-11-4-6-12(16)7-5-11/h4-7H,2-3,8-10H2,1H3,(H,17,20). The van der Waals surface area contributed by atoms with Crippen molar-refractivity contribution in [3.8, 4) is 0 Å². The number of imide groups is 1. The van der Waals surface area contributed by atoms with Crippen molar-refractivity contribution in [3.05, 3.63) is 35.6 Å². The third-order valence-corrected chi connectivity index (χ3v) is 3.42. The van der Waals surface area contributed by atoms with E-state index in [0.29, 0.717) is 13.0 Å². The van der Waals surface area contributed by atoms with E-state index in [1.54, 1.807) is 19.2 Å². The maximum atomic E-state index is 12.7. The van der Waals surface area contributed by atoms with Crippen LogP contribution in [0.25, 0.3) is 0 Å². The van der Waals surface area contributed by atoms with E-state index >= 15 is 0 Å². The topological polar surface area (TPSA) is 69.7 Å². The van der Waals surface area contributed by atoms with E-state index in [1.165, 1.54) is 17.0 Å². The Kier molecular flexibility index (Phi) is 5.08. The lowest BCUT2D eigenvalue weighted by atomic mass is 10.2. The van der Waals surface area contributed by atoms with Crippen LogP contribution in [-0.4, -0.2) is 47.8 Å². The van der Waals surface area contributed by atoms with Gasteiger partial charge >= 0.3 is 6.03 Å². The van der Waals surface area contributed by atoms with Crippen molar-refractivity contribution in [1.29, 1.82) is 0 Å². The largest absolute Gasteiger partial charge is 0.352 e. The predicted octanol–water partition coefficient (Wildman–Crippen LogP) is 1.12. The van der Waals surface area contributed by atoms with Crippen LogP contribution in [0.3, 0.4) is 0 Å². The second kappa shape index (κ2) is 7.02. The van der Waals surface area contributed by atoms with Crippen molar-refractivity contribution in [2.45, 2.75) is 19.4 Å². The number of urea groups is 1. The zero-order valence-electron chi connectivity index (χ0n) is 12.3. The van der Waals surface area contributed by atoms with Crippen LogP contribution in [0.4, 0.5) is 9.18 Å². The van der Waals surface area contributed by atoms with Crippen molar-refractivity contribution < 1.29 is 18.8 Å². The first-order chi connectivity index (χ1) is 10.5. The molecule has 0 aliphatic carbocycles. The summed E-state index contributed by atoms with van der Waals surface area (Å²) in [6.07, 6.45) is 0.641. The lowest BCUT2D eigenvalue weighted by Gasteiger charge is -2.13. The second-order valence-electron chi connectivity index (χ2n) is 5.19. The van der Waals surface area contributed by atoms with Gasteiger partial charge in [0.05, 0.1) is 0 Å². The number of benzene rings is 1. The molecule has 0 spiro atoms. The lowest BCUT2D eigenvalue weighted by molar-refractivity contribution is -0.126. The molecule has 0 radical (unpaired) electrons. The summed E-state index contributed by atoms with van der Waals surface area (Å²) >= 11 is 0. The average molecular weight is 307 g/mol. The summed E-state index contributed by atoms with van der Waals surface area (Å²) in [7, 11) is 1.57. The normalized spacial score (nSPS) is 14.6. The van der Waals surface area contributed by atoms with E-state index < -0.39 is 0 Å². The molecule has 0 bridgehead atoms. The van der Waals surface area contributed by atoms with Crippen molar-refractivity contribution in [3.63, 3.8) is 0 Å². The number of carbonyl (C=O) groups is 3. The predicted molar refractivity (Wildman–Crippen MR) is 77.2 cm³/mol. The Bertz CT molecular complexity index is 574. The highest BCUT2D eigenvalue weighted by Crippen LogP contribution is 2.09. The van der Waals surface area contributed by atoms with Gasteiger partial charge < -0.3 is 10.2 Å². The minimum absolute atomic E-state index is 0.0929. The number of likely N-dealkylation sites (N-methyl/N-ethyl adjacent to an activating group) is 1. The monoisotopic (exact) mass is 307 g/mol. The molecule has 1 saturated heterocycles. The second-order valence-corrected chi connectivity index (χ2v) is 5.19. The molecule has 1 aliphatic rings. The maximum Gasteiger partial charge on any atom is 0.326 e. The molecule has 1 aliphatic heterocycles. The van der Waals surface area contributed by atoms with Crippen LogP contribution >= 0.6 is 0 Å². The van der Waals surface area contributed by atoms with E-state index in [9.17, 15) is 18.8 Å². The Balaban J connectivity index is 1.69. The highest BCUT2D eigenvalue weighted by Gasteiger charge is 2.32. The zero-order chi connectivity index (χ0) is 16.1. The van der Waals surface area contributed by atoms with Gasteiger partial charge in [-0.15, -0.1) is 0 Å². The molecule has 118 valence electrons. The van der Waals surface area contributed by atoms with Gasteiger partial charge in [-0.3, -0.25) is 14.5 Å². The highest BCUT2D eigenvalue weighted by molar-refractivity contribution is 6.01. The summed E-state index contributed by atoms with van der Waals surface area (Å²) in [5.41, 5.74) is 0.807. The molecule has 1 aromatic rings. The quantitative estimate of drug-likeness (QED) is 0.801. The fourth-order valence-electron chi connectivity index (χ4n) is 2.18. The van der Waals surface area contributed by atoms with E-state index in [4.69, 9.17) is 0 Å². The first kappa shape index (κ1) is 15.9. The summed E-state index contributed by atoms with van der Waals surface area (Å²) in [6.45, 7) is 0.658. The van der Waals surface area contributed by atoms with Crippen LogP contribution in [0.5, 0.6) is 0 Å². The Hall–Kier alpha value is -2.44. The van der Waals surface area contributed by atoms with Gasteiger partial charge in [0.1, 0.15) is 12.4 Å². The summed E-state index contributed by atoms with van der Waals surface area (Å²) in [6, 6.07) is 5.56. The minimum atomic E-state index is -0.322. The van der Waals surface area contributed by atoms with Gasteiger partial charge in [0, 0.05) is 26.6 Å². The number of carbonyl (C=O) groups excluding carboxylic acids is 3. The van der Waals surface area contributed by atoms with Crippen molar-refractivity contribution in [2.24, 2.45) is 0 Å². The number of rotatable bonds is 6. The third kappa shape index (κ3) is 4.03. The van der Waals surface area contributed by atoms with Gasteiger partial charge in [0.2, 0.25) is 11.8 Å². The van der Waals surface area contributed by atoms with Crippen LogP contribution in [0.2, 0.25) is 0 Å². The van der Waals surface area contributed by atoms with Gasteiger partial charge in [-0.2, -0.15) is 0 Å². The van der Waals surface area contributed by atoms with E-state index in [2.05, 4.69) is 5.32 Å². The van der Waals surface area contributed by atoms with Gasteiger partial charge in [0.25, 0.3) is 0 Å². The van der Waals surface area contributed by atoms with Crippen molar-refractivity contribution in [2.75, 3.05) is 20.1 Å². The van der Waals surface area contributed by atoms with E-state index in [-0.39, 0.29) is 43.2 Å². The third-order valence-electron chi connectivity index (χ3n) is 3.42. The summed E-state index contributed by atoms with van der Waals surface area (Å²) < 4.78 is 12.7. The molecule has 22 heavy (non-hydrogen) atoms. The van der Waals surface area contributed by atoms with Gasteiger partial charge in [-0.25, -0.2) is 9.18 Å². The van der Waals surface area contributed by atoms with Crippen LogP contribution in [0.1, 0.15) is 18.4 Å². The molecule has 2 rings (SSSR count). The van der Waals surface area contributed by atoms with E-state index in [1.807, 2.05) is 0 Å². The van der Waals surface area contributed by atoms with Crippen LogP contribution in [0.15, 0.2) is 24.3 Å². The molecular weight excluding hydrogens is 289 g/mol. The fraction of sp³-hybridized carbons (Fsp3) is 0.400. The highest BCUT2D eigenvalue weighted by atomic mass is 19.1. The molecule has 1 N–H and O–H groups in total. The first-order valence-corrected chi connectivity index (χ1v) is 7.04. The Morgan fingerprint density at radius 1 is 1.27 bits per heavy atom. The molecule has 0 atom stereocenters.